The quantitative estimate of drug-likeness (QED) is 0.933. The lowest BCUT2D eigenvalue weighted by Crippen LogP contribution is -2.45. The minimum Gasteiger partial charge on any atom is -0.386 e. The number of carbonyl (C=O) groups is 1. The molecule has 3 rings (SSSR count). The van der Waals surface area contributed by atoms with Gasteiger partial charge in [-0.2, -0.15) is 0 Å². The third-order valence-electron chi connectivity index (χ3n) is 4.24. The van der Waals surface area contributed by atoms with Crippen molar-refractivity contribution in [2.75, 3.05) is 31.6 Å². The van der Waals surface area contributed by atoms with Crippen LogP contribution in [0.1, 0.15) is 21.7 Å². The van der Waals surface area contributed by atoms with Gasteiger partial charge in [-0.15, -0.1) is 11.3 Å². The maximum Gasteiger partial charge on any atom is 0.264 e. The maximum absolute atomic E-state index is 12.5. The Kier molecular flexibility index (Phi) is 4.37. The first-order valence-corrected chi connectivity index (χ1v) is 8.54. The topological polar surface area (TPSA) is 56.7 Å². The first-order chi connectivity index (χ1) is 11.0. The summed E-state index contributed by atoms with van der Waals surface area (Å²) in [7, 11) is 1.75. The van der Waals surface area contributed by atoms with E-state index in [4.69, 9.17) is 0 Å². The molecular formula is C17H21N3O2S. The van der Waals surface area contributed by atoms with E-state index in [9.17, 15) is 9.90 Å². The van der Waals surface area contributed by atoms with Gasteiger partial charge in [0, 0.05) is 26.3 Å². The fraction of sp³-hybridized carbons (Fsp3) is 0.412. The normalized spacial score (nSPS) is 20.7. The average Bonchev–Trinajstić information content (AvgIpc) is 3.13. The molecule has 6 heteroatoms. The molecule has 1 aliphatic heterocycles. The van der Waals surface area contributed by atoms with E-state index in [1.54, 1.807) is 18.1 Å². The molecule has 5 nitrogen and oxygen atoms in total. The van der Waals surface area contributed by atoms with Crippen molar-refractivity contribution in [3.05, 3.63) is 46.3 Å². The minimum atomic E-state index is -0.896. The Morgan fingerprint density at radius 1 is 1.48 bits per heavy atom. The van der Waals surface area contributed by atoms with Crippen LogP contribution in [0, 0.1) is 6.92 Å². The number of aryl methyl sites for hydroxylation is 1. The van der Waals surface area contributed by atoms with Crippen LogP contribution in [0.15, 0.2) is 35.8 Å². The fourth-order valence-electron chi connectivity index (χ4n) is 3.00. The van der Waals surface area contributed by atoms with Crippen molar-refractivity contribution in [1.29, 1.82) is 0 Å². The van der Waals surface area contributed by atoms with E-state index in [1.165, 1.54) is 11.3 Å². The molecule has 0 bridgehead atoms. The second kappa shape index (κ2) is 6.29. The average molecular weight is 331 g/mol. The summed E-state index contributed by atoms with van der Waals surface area (Å²) in [5.41, 5.74) is 0.0907. The Balaban J connectivity index is 1.66. The van der Waals surface area contributed by atoms with Crippen molar-refractivity contribution in [3.63, 3.8) is 0 Å². The predicted molar refractivity (Wildman–Crippen MR) is 92.0 cm³/mol. The molecule has 1 saturated heterocycles. The summed E-state index contributed by atoms with van der Waals surface area (Å²) in [5.74, 6) is 0.841. The number of hydrogen-bond acceptors (Lipinski definition) is 5. The van der Waals surface area contributed by atoms with Gasteiger partial charge in [0.05, 0.1) is 11.4 Å². The molecule has 0 saturated carbocycles. The molecule has 0 aromatic carbocycles. The Hall–Kier alpha value is -1.92. The number of hydrogen-bond donors (Lipinski definition) is 1. The molecule has 1 atom stereocenters. The van der Waals surface area contributed by atoms with Crippen LogP contribution in [0.25, 0.3) is 0 Å². The molecule has 0 radical (unpaired) electrons. The zero-order valence-corrected chi connectivity index (χ0v) is 14.2. The van der Waals surface area contributed by atoms with Crippen LogP contribution in [0.3, 0.4) is 0 Å². The summed E-state index contributed by atoms with van der Waals surface area (Å²) in [6, 6.07) is 7.70. The summed E-state index contributed by atoms with van der Waals surface area (Å²) in [6.45, 7) is 3.50. The van der Waals surface area contributed by atoms with E-state index in [0.717, 1.165) is 22.8 Å². The number of rotatable bonds is 4. The number of pyridine rings is 1. The summed E-state index contributed by atoms with van der Waals surface area (Å²) >= 11 is 1.45. The van der Waals surface area contributed by atoms with Crippen LogP contribution in [0.5, 0.6) is 0 Å². The van der Waals surface area contributed by atoms with Gasteiger partial charge in [0.2, 0.25) is 0 Å². The smallest absolute Gasteiger partial charge is 0.264 e. The molecule has 122 valence electrons. The summed E-state index contributed by atoms with van der Waals surface area (Å²) in [6.07, 6.45) is 2.38. The molecule has 23 heavy (non-hydrogen) atoms. The summed E-state index contributed by atoms with van der Waals surface area (Å²) in [5, 5.41) is 12.8. The third-order valence-corrected chi connectivity index (χ3v) is 5.24. The van der Waals surface area contributed by atoms with Crippen molar-refractivity contribution < 1.29 is 9.90 Å². The number of aromatic nitrogens is 1. The number of thiophene rings is 1. The molecule has 1 N–H and O–H groups in total. The Bertz CT molecular complexity index is 688. The molecule has 1 unspecified atom stereocenters. The molecular weight excluding hydrogens is 310 g/mol. The predicted octanol–water partition coefficient (Wildman–Crippen LogP) is 2.16. The van der Waals surface area contributed by atoms with E-state index >= 15 is 0 Å². The van der Waals surface area contributed by atoms with Crippen molar-refractivity contribution in [2.24, 2.45) is 0 Å². The van der Waals surface area contributed by atoms with Gasteiger partial charge in [-0.1, -0.05) is 6.07 Å². The molecule has 0 aliphatic carbocycles. The largest absolute Gasteiger partial charge is 0.386 e. The molecule has 1 aliphatic rings. The Morgan fingerprint density at radius 2 is 2.30 bits per heavy atom. The molecule has 2 aromatic rings. The summed E-state index contributed by atoms with van der Waals surface area (Å²) < 4.78 is 0. The van der Waals surface area contributed by atoms with Gasteiger partial charge in [-0.05, 0) is 42.5 Å². The highest BCUT2D eigenvalue weighted by Crippen LogP contribution is 2.27. The van der Waals surface area contributed by atoms with Crippen LogP contribution in [0.4, 0.5) is 5.82 Å². The standard InChI is InChI=1S/C17H21N3O2S/c1-13-6-10-23-15(13)16(21)19(2)11-17(22)7-9-20(12-17)14-5-3-4-8-18-14/h3-6,8,10,22H,7,9,11-12H2,1-2H3. The number of anilines is 1. The third kappa shape index (κ3) is 3.38. The van der Waals surface area contributed by atoms with E-state index in [2.05, 4.69) is 9.88 Å². The lowest BCUT2D eigenvalue weighted by atomic mass is 10.0. The number of nitrogens with zero attached hydrogens (tertiary/aromatic N) is 3. The van der Waals surface area contributed by atoms with Crippen LogP contribution < -0.4 is 4.90 Å². The van der Waals surface area contributed by atoms with E-state index < -0.39 is 5.60 Å². The van der Waals surface area contributed by atoms with Crippen LogP contribution in [-0.2, 0) is 0 Å². The number of aliphatic hydroxyl groups is 1. The number of amides is 1. The van der Waals surface area contributed by atoms with Gasteiger partial charge in [0.15, 0.2) is 0 Å². The van der Waals surface area contributed by atoms with Crippen LogP contribution in [0.2, 0.25) is 0 Å². The molecule has 3 heterocycles. The zero-order valence-electron chi connectivity index (χ0n) is 13.4. The van der Waals surface area contributed by atoms with Crippen LogP contribution >= 0.6 is 11.3 Å². The lowest BCUT2D eigenvalue weighted by molar-refractivity contribution is 0.0266. The van der Waals surface area contributed by atoms with Gasteiger partial charge in [0.1, 0.15) is 11.4 Å². The van der Waals surface area contributed by atoms with Gasteiger partial charge in [-0.3, -0.25) is 4.79 Å². The lowest BCUT2D eigenvalue weighted by Gasteiger charge is -2.29. The van der Waals surface area contributed by atoms with Crippen molar-refractivity contribution in [1.82, 2.24) is 9.88 Å². The SMILES string of the molecule is Cc1ccsc1C(=O)N(C)CC1(O)CCN(c2ccccn2)C1. The minimum absolute atomic E-state index is 0.0257. The fourth-order valence-corrected chi connectivity index (χ4v) is 3.92. The van der Waals surface area contributed by atoms with E-state index in [0.29, 0.717) is 19.5 Å². The van der Waals surface area contributed by atoms with Gasteiger partial charge < -0.3 is 14.9 Å². The highest BCUT2D eigenvalue weighted by Gasteiger charge is 2.38. The number of carbonyl (C=O) groups excluding carboxylic acids is 1. The zero-order chi connectivity index (χ0) is 16.4. The highest BCUT2D eigenvalue weighted by atomic mass is 32.1. The number of β-amino-alcohol motifs (C(OH)–C–C–N with tert-alkyl or cyclic N) is 1. The van der Waals surface area contributed by atoms with Gasteiger partial charge >= 0.3 is 0 Å². The first kappa shape index (κ1) is 16.0. The molecule has 1 fully saturated rings. The maximum atomic E-state index is 12.5. The van der Waals surface area contributed by atoms with Crippen molar-refractivity contribution in [2.45, 2.75) is 18.9 Å². The van der Waals surface area contributed by atoms with Crippen LogP contribution in [-0.4, -0.2) is 53.2 Å². The molecule has 2 aromatic heterocycles. The Labute approximate surface area is 140 Å². The van der Waals surface area contributed by atoms with Crippen molar-refractivity contribution in [3.8, 4) is 0 Å². The number of likely N-dealkylation sites (N-methyl/N-ethyl adjacent to an activating group) is 1. The first-order valence-electron chi connectivity index (χ1n) is 7.66. The molecule has 0 spiro atoms. The van der Waals surface area contributed by atoms with E-state index in [-0.39, 0.29) is 5.91 Å². The van der Waals surface area contributed by atoms with Gasteiger partial charge in [0.25, 0.3) is 5.91 Å². The summed E-state index contributed by atoms with van der Waals surface area (Å²) in [4.78, 5) is 21.3. The van der Waals surface area contributed by atoms with E-state index in [1.807, 2.05) is 36.6 Å². The van der Waals surface area contributed by atoms with Crippen molar-refractivity contribution >= 4 is 23.1 Å². The molecule has 1 amide bonds. The van der Waals surface area contributed by atoms with Gasteiger partial charge in [-0.25, -0.2) is 4.98 Å². The highest BCUT2D eigenvalue weighted by molar-refractivity contribution is 7.12. The monoisotopic (exact) mass is 331 g/mol. The Morgan fingerprint density at radius 3 is 2.96 bits per heavy atom. The second-order valence-corrected chi connectivity index (χ2v) is 7.09. The second-order valence-electron chi connectivity index (χ2n) is 6.18.